The van der Waals surface area contributed by atoms with Crippen molar-refractivity contribution in [2.24, 2.45) is 0 Å². The minimum Gasteiger partial charge on any atom is -0.497 e. The third-order valence-corrected chi connectivity index (χ3v) is 7.24. The Hall–Kier alpha value is -3.30. The number of fused-ring (bicyclic) bond motifs is 1. The second-order valence-electron chi connectivity index (χ2n) is 7.65. The summed E-state index contributed by atoms with van der Waals surface area (Å²) in [6.45, 7) is 1.71. The number of anilines is 1. The number of esters is 1. The van der Waals surface area contributed by atoms with Crippen molar-refractivity contribution in [1.29, 1.82) is 0 Å². The van der Waals surface area contributed by atoms with E-state index in [2.05, 4.69) is 10.2 Å². The van der Waals surface area contributed by atoms with Crippen LogP contribution in [0.1, 0.15) is 9.67 Å². The molecule has 1 aliphatic rings. The number of carbonyl (C=O) groups is 3. The van der Waals surface area contributed by atoms with Crippen molar-refractivity contribution >= 4 is 56.5 Å². The molecule has 0 spiro atoms. The average molecular weight is 502 g/mol. The summed E-state index contributed by atoms with van der Waals surface area (Å²) in [5, 5.41) is 3.66. The van der Waals surface area contributed by atoms with Gasteiger partial charge in [-0.3, -0.25) is 14.4 Å². The Morgan fingerprint density at radius 2 is 1.74 bits per heavy atom. The number of thiophene rings is 1. The summed E-state index contributed by atoms with van der Waals surface area (Å²) < 4.78 is 11.1. The van der Waals surface area contributed by atoms with Gasteiger partial charge in [0.1, 0.15) is 17.2 Å². The highest BCUT2D eigenvalue weighted by atomic mass is 35.5. The molecule has 1 N–H and O–H groups in total. The SMILES string of the molecule is COc1ccc(N2CCN(C(=O)COC(=O)CNC(=O)c3sc4ccccc4c3Cl)CC2)cc1. The standard InChI is InChI=1S/C24H24ClN3O5S/c1-32-17-8-6-16(7-9-17)27-10-12-28(13-11-27)20(29)15-33-21(30)14-26-24(31)23-22(25)18-4-2-3-5-19(18)34-23/h2-9H,10-15H2,1H3,(H,26,31). The molecule has 0 atom stereocenters. The smallest absolute Gasteiger partial charge is 0.325 e. The minimum atomic E-state index is -0.684. The monoisotopic (exact) mass is 501 g/mol. The highest BCUT2D eigenvalue weighted by Crippen LogP contribution is 2.34. The first kappa shape index (κ1) is 23.8. The van der Waals surface area contributed by atoms with E-state index in [0.29, 0.717) is 36.1 Å². The van der Waals surface area contributed by atoms with Crippen LogP contribution in [0.2, 0.25) is 5.02 Å². The molecular formula is C24H24ClN3O5S. The highest BCUT2D eigenvalue weighted by molar-refractivity contribution is 7.21. The summed E-state index contributed by atoms with van der Waals surface area (Å²) >= 11 is 7.55. The largest absolute Gasteiger partial charge is 0.497 e. The van der Waals surface area contributed by atoms with Crippen molar-refractivity contribution in [2.45, 2.75) is 0 Å². The van der Waals surface area contributed by atoms with Gasteiger partial charge in [-0.1, -0.05) is 29.8 Å². The zero-order chi connectivity index (χ0) is 24.1. The van der Waals surface area contributed by atoms with Crippen LogP contribution in [0.4, 0.5) is 5.69 Å². The lowest BCUT2D eigenvalue weighted by molar-refractivity contribution is -0.151. The highest BCUT2D eigenvalue weighted by Gasteiger charge is 2.23. The average Bonchev–Trinajstić information content (AvgIpc) is 3.22. The Bertz CT molecular complexity index is 1190. The van der Waals surface area contributed by atoms with Crippen LogP contribution in [-0.4, -0.2) is 69.1 Å². The van der Waals surface area contributed by atoms with E-state index in [-0.39, 0.29) is 19.1 Å². The van der Waals surface area contributed by atoms with Gasteiger partial charge in [-0.25, -0.2) is 0 Å². The summed E-state index contributed by atoms with van der Waals surface area (Å²) in [6.07, 6.45) is 0. The molecule has 1 fully saturated rings. The van der Waals surface area contributed by atoms with E-state index in [9.17, 15) is 14.4 Å². The molecule has 178 valence electrons. The predicted octanol–water partition coefficient (Wildman–Crippen LogP) is 3.19. The molecule has 34 heavy (non-hydrogen) atoms. The molecule has 0 unspecified atom stereocenters. The molecule has 2 heterocycles. The second kappa shape index (κ2) is 10.8. The summed E-state index contributed by atoms with van der Waals surface area (Å²) in [4.78, 5) is 41.1. The Morgan fingerprint density at radius 3 is 2.41 bits per heavy atom. The number of methoxy groups -OCH3 is 1. The van der Waals surface area contributed by atoms with Crippen LogP contribution in [0.5, 0.6) is 5.75 Å². The number of piperazine rings is 1. The molecule has 1 saturated heterocycles. The summed E-state index contributed by atoms with van der Waals surface area (Å²) in [7, 11) is 1.63. The van der Waals surface area contributed by atoms with Crippen molar-refractivity contribution in [3.63, 3.8) is 0 Å². The van der Waals surface area contributed by atoms with Crippen molar-refractivity contribution in [3.05, 3.63) is 58.4 Å². The van der Waals surface area contributed by atoms with Crippen LogP contribution in [0.25, 0.3) is 10.1 Å². The fraction of sp³-hybridized carbons (Fsp3) is 0.292. The first-order valence-corrected chi connectivity index (χ1v) is 11.9. The van der Waals surface area contributed by atoms with Crippen LogP contribution in [0.15, 0.2) is 48.5 Å². The lowest BCUT2D eigenvalue weighted by Crippen LogP contribution is -2.50. The van der Waals surface area contributed by atoms with Crippen LogP contribution in [0, 0.1) is 0 Å². The van der Waals surface area contributed by atoms with Crippen molar-refractivity contribution in [3.8, 4) is 5.75 Å². The fourth-order valence-corrected chi connectivity index (χ4v) is 5.12. The van der Waals surface area contributed by atoms with E-state index in [1.54, 1.807) is 12.0 Å². The van der Waals surface area contributed by atoms with E-state index in [1.165, 1.54) is 11.3 Å². The number of rotatable bonds is 7. The number of amides is 2. The minimum absolute atomic E-state index is 0.262. The number of halogens is 1. The van der Waals surface area contributed by atoms with Gasteiger partial charge in [0, 0.05) is 42.0 Å². The summed E-state index contributed by atoms with van der Waals surface area (Å²) in [5.74, 6) is -0.607. The molecule has 0 bridgehead atoms. The summed E-state index contributed by atoms with van der Waals surface area (Å²) in [5.41, 5.74) is 1.06. The van der Waals surface area contributed by atoms with Crippen LogP contribution < -0.4 is 15.0 Å². The third kappa shape index (κ3) is 5.43. The maximum absolute atomic E-state index is 12.4. The number of nitrogens with one attached hydrogen (secondary N) is 1. The van der Waals surface area contributed by atoms with Gasteiger partial charge in [-0.05, 0) is 30.3 Å². The zero-order valence-corrected chi connectivity index (χ0v) is 20.2. The third-order valence-electron chi connectivity index (χ3n) is 5.56. The summed E-state index contributed by atoms with van der Waals surface area (Å²) in [6, 6.07) is 15.2. The first-order valence-electron chi connectivity index (χ1n) is 10.7. The number of benzene rings is 2. The lowest BCUT2D eigenvalue weighted by Gasteiger charge is -2.36. The number of hydrogen-bond acceptors (Lipinski definition) is 7. The molecule has 3 aromatic rings. The molecule has 1 aliphatic heterocycles. The number of carbonyl (C=O) groups excluding carboxylic acids is 3. The van der Waals surface area contributed by atoms with Crippen molar-refractivity contribution in [1.82, 2.24) is 10.2 Å². The van der Waals surface area contributed by atoms with Crippen LogP contribution in [0.3, 0.4) is 0 Å². The van der Waals surface area contributed by atoms with Gasteiger partial charge in [-0.15, -0.1) is 11.3 Å². The van der Waals surface area contributed by atoms with Crippen LogP contribution in [-0.2, 0) is 14.3 Å². The number of hydrogen-bond donors (Lipinski definition) is 1. The van der Waals surface area contributed by atoms with Gasteiger partial charge in [-0.2, -0.15) is 0 Å². The fourth-order valence-electron chi connectivity index (χ4n) is 3.68. The Labute approximate surface area is 206 Å². The van der Waals surface area contributed by atoms with E-state index >= 15 is 0 Å². The quantitative estimate of drug-likeness (QED) is 0.500. The van der Waals surface area contributed by atoms with E-state index in [4.69, 9.17) is 21.1 Å². The molecule has 8 nitrogen and oxygen atoms in total. The molecule has 2 amide bonds. The number of nitrogens with zero attached hydrogens (tertiary/aromatic N) is 2. The second-order valence-corrected chi connectivity index (χ2v) is 9.08. The number of ether oxygens (including phenoxy) is 2. The van der Waals surface area contributed by atoms with Gasteiger partial charge < -0.3 is 24.6 Å². The van der Waals surface area contributed by atoms with Gasteiger partial charge in [0.25, 0.3) is 11.8 Å². The molecule has 2 aromatic carbocycles. The lowest BCUT2D eigenvalue weighted by atomic mass is 10.2. The van der Waals surface area contributed by atoms with E-state index in [0.717, 1.165) is 21.5 Å². The Balaban J connectivity index is 1.20. The van der Waals surface area contributed by atoms with Gasteiger partial charge in [0.05, 0.1) is 12.1 Å². The molecule has 0 aliphatic carbocycles. The van der Waals surface area contributed by atoms with Gasteiger partial charge in [0.2, 0.25) is 0 Å². The van der Waals surface area contributed by atoms with Crippen molar-refractivity contribution < 1.29 is 23.9 Å². The normalized spacial score (nSPS) is 13.6. The molecule has 4 rings (SSSR count). The van der Waals surface area contributed by atoms with Gasteiger partial charge >= 0.3 is 5.97 Å². The maximum Gasteiger partial charge on any atom is 0.325 e. The predicted molar refractivity (Wildman–Crippen MR) is 132 cm³/mol. The van der Waals surface area contributed by atoms with Gasteiger partial charge in [0.15, 0.2) is 6.61 Å². The Kier molecular flexibility index (Phi) is 7.54. The topological polar surface area (TPSA) is 88.2 Å². The molecular weight excluding hydrogens is 478 g/mol. The molecule has 0 radical (unpaired) electrons. The maximum atomic E-state index is 12.4. The zero-order valence-electron chi connectivity index (χ0n) is 18.6. The Morgan fingerprint density at radius 1 is 1.03 bits per heavy atom. The van der Waals surface area contributed by atoms with Crippen molar-refractivity contribution in [2.75, 3.05) is 51.3 Å². The van der Waals surface area contributed by atoms with E-state index in [1.807, 2.05) is 48.5 Å². The molecule has 1 aromatic heterocycles. The molecule has 0 saturated carbocycles. The van der Waals surface area contributed by atoms with E-state index < -0.39 is 11.9 Å². The molecule has 10 heteroatoms. The first-order chi connectivity index (χ1) is 16.5. The van der Waals surface area contributed by atoms with Crippen LogP contribution >= 0.6 is 22.9 Å².